The number of methoxy groups -OCH3 is 1. The van der Waals surface area contributed by atoms with Crippen molar-refractivity contribution in [2.45, 2.75) is 38.3 Å². The Labute approximate surface area is 90.6 Å². The van der Waals surface area contributed by atoms with Crippen molar-refractivity contribution in [3.05, 3.63) is 12.4 Å². The van der Waals surface area contributed by atoms with Crippen molar-refractivity contribution in [3.8, 4) is 0 Å². The number of nitrogens with one attached hydrogen (secondary N) is 1. The minimum absolute atomic E-state index is 0.647. The highest BCUT2D eigenvalue weighted by Gasteiger charge is 2.18. The molecule has 1 N–H and O–H groups in total. The van der Waals surface area contributed by atoms with Crippen LogP contribution in [0.25, 0.3) is 0 Å². The van der Waals surface area contributed by atoms with Gasteiger partial charge in [-0.05, 0) is 25.7 Å². The first-order valence-electron chi connectivity index (χ1n) is 5.67. The fraction of sp³-hybridized carbons (Fsp3) is 0.727. The van der Waals surface area contributed by atoms with Crippen molar-refractivity contribution in [2.24, 2.45) is 0 Å². The lowest BCUT2D eigenvalue weighted by atomic mass is 9.93. The molecule has 1 aromatic rings. The van der Waals surface area contributed by atoms with Gasteiger partial charge < -0.3 is 14.6 Å². The summed E-state index contributed by atoms with van der Waals surface area (Å²) in [7, 11) is 1.74. The summed E-state index contributed by atoms with van der Waals surface area (Å²) in [6.45, 7) is 1.78. The number of aryl methyl sites for hydroxylation is 1. The third-order valence-electron chi connectivity index (χ3n) is 2.90. The molecule has 15 heavy (non-hydrogen) atoms. The van der Waals surface area contributed by atoms with Gasteiger partial charge in [0.15, 0.2) is 0 Å². The lowest BCUT2D eigenvalue weighted by Gasteiger charge is -2.27. The molecule has 0 atom stereocenters. The van der Waals surface area contributed by atoms with Crippen LogP contribution in [0.3, 0.4) is 0 Å². The van der Waals surface area contributed by atoms with E-state index in [0.29, 0.717) is 6.04 Å². The van der Waals surface area contributed by atoms with Crippen LogP contribution in [0.4, 0.5) is 5.95 Å². The molecule has 1 aromatic heterocycles. The van der Waals surface area contributed by atoms with Crippen molar-refractivity contribution >= 4 is 5.95 Å². The molecule has 0 unspecified atom stereocenters. The number of hydrogen-bond acceptors (Lipinski definition) is 3. The van der Waals surface area contributed by atoms with Gasteiger partial charge in [-0.3, -0.25) is 0 Å². The van der Waals surface area contributed by atoms with Gasteiger partial charge in [-0.15, -0.1) is 0 Å². The van der Waals surface area contributed by atoms with Crippen LogP contribution in [0.15, 0.2) is 12.4 Å². The van der Waals surface area contributed by atoms with Gasteiger partial charge in [0.1, 0.15) is 0 Å². The van der Waals surface area contributed by atoms with Crippen molar-refractivity contribution in [1.29, 1.82) is 0 Å². The first kappa shape index (κ1) is 10.5. The normalized spacial score (nSPS) is 16.3. The smallest absolute Gasteiger partial charge is 0.202 e. The topological polar surface area (TPSA) is 39.1 Å². The molecule has 1 heterocycles. The van der Waals surface area contributed by atoms with E-state index in [1.807, 2.05) is 12.4 Å². The fourth-order valence-corrected chi connectivity index (χ4v) is 1.74. The van der Waals surface area contributed by atoms with E-state index >= 15 is 0 Å². The summed E-state index contributed by atoms with van der Waals surface area (Å²) >= 11 is 0. The second-order valence-corrected chi connectivity index (χ2v) is 4.06. The first-order chi connectivity index (χ1) is 7.40. The van der Waals surface area contributed by atoms with Crippen LogP contribution in [-0.2, 0) is 11.3 Å². The SMILES string of the molecule is COCCCn1ccnc1NC1CCC1. The Balaban J connectivity index is 1.83. The van der Waals surface area contributed by atoms with E-state index in [2.05, 4.69) is 14.9 Å². The van der Waals surface area contributed by atoms with E-state index in [0.717, 1.165) is 25.5 Å². The summed E-state index contributed by atoms with van der Waals surface area (Å²) in [6, 6.07) is 0.647. The largest absolute Gasteiger partial charge is 0.385 e. The molecule has 2 rings (SSSR count). The minimum Gasteiger partial charge on any atom is -0.385 e. The monoisotopic (exact) mass is 209 g/mol. The molecule has 0 aromatic carbocycles. The number of ether oxygens (including phenoxy) is 1. The van der Waals surface area contributed by atoms with Crippen LogP contribution in [-0.4, -0.2) is 29.3 Å². The predicted octanol–water partition coefficient (Wildman–Crippen LogP) is 1.88. The molecule has 1 saturated carbocycles. The molecule has 4 nitrogen and oxygen atoms in total. The summed E-state index contributed by atoms with van der Waals surface area (Å²) in [5.74, 6) is 1.01. The maximum atomic E-state index is 5.04. The van der Waals surface area contributed by atoms with Gasteiger partial charge in [-0.2, -0.15) is 0 Å². The van der Waals surface area contributed by atoms with Gasteiger partial charge in [-0.1, -0.05) is 0 Å². The lowest BCUT2D eigenvalue weighted by Crippen LogP contribution is -2.28. The third-order valence-corrected chi connectivity index (χ3v) is 2.90. The van der Waals surface area contributed by atoms with E-state index in [1.165, 1.54) is 19.3 Å². The molecule has 0 saturated heterocycles. The van der Waals surface area contributed by atoms with E-state index in [9.17, 15) is 0 Å². The Morgan fingerprint density at radius 2 is 2.47 bits per heavy atom. The number of anilines is 1. The highest BCUT2D eigenvalue weighted by Crippen LogP contribution is 2.22. The summed E-state index contributed by atoms with van der Waals surface area (Å²) in [5.41, 5.74) is 0. The summed E-state index contributed by atoms with van der Waals surface area (Å²) in [4.78, 5) is 4.33. The minimum atomic E-state index is 0.647. The quantitative estimate of drug-likeness (QED) is 0.727. The number of aromatic nitrogens is 2. The average molecular weight is 209 g/mol. The molecule has 1 fully saturated rings. The van der Waals surface area contributed by atoms with Gasteiger partial charge in [0, 0.05) is 38.7 Å². The number of rotatable bonds is 6. The molecule has 0 spiro atoms. The average Bonchev–Trinajstić information content (AvgIpc) is 2.60. The molecule has 0 aliphatic heterocycles. The second-order valence-electron chi connectivity index (χ2n) is 4.06. The maximum absolute atomic E-state index is 5.04. The molecular formula is C11H19N3O. The molecule has 84 valence electrons. The Kier molecular flexibility index (Phi) is 3.61. The maximum Gasteiger partial charge on any atom is 0.202 e. The van der Waals surface area contributed by atoms with Gasteiger partial charge >= 0.3 is 0 Å². The second kappa shape index (κ2) is 5.16. The summed E-state index contributed by atoms with van der Waals surface area (Å²) < 4.78 is 7.20. The van der Waals surface area contributed by atoms with E-state index < -0.39 is 0 Å². The van der Waals surface area contributed by atoms with Crippen LogP contribution in [0.1, 0.15) is 25.7 Å². The molecule has 0 amide bonds. The van der Waals surface area contributed by atoms with E-state index in [1.54, 1.807) is 7.11 Å². The highest BCUT2D eigenvalue weighted by atomic mass is 16.5. The molecule has 1 aliphatic rings. The van der Waals surface area contributed by atoms with Crippen molar-refractivity contribution in [2.75, 3.05) is 19.0 Å². The Morgan fingerprint density at radius 1 is 1.60 bits per heavy atom. The fourth-order valence-electron chi connectivity index (χ4n) is 1.74. The zero-order valence-corrected chi connectivity index (χ0v) is 9.28. The van der Waals surface area contributed by atoms with Crippen LogP contribution >= 0.6 is 0 Å². The zero-order chi connectivity index (χ0) is 10.5. The van der Waals surface area contributed by atoms with Gasteiger partial charge in [-0.25, -0.2) is 4.98 Å². The predicted molar refractivity (Wildman–Crippen MR) is 60.0 cm³/mol. The first-order valence-corrected chi connectivity index (χ1v) is 5.67. The standard InChI is InChI=1S/C11H19N3O/c1-15-9-3-7-14-8-6-12-11(14)13-10-4-2-5-10/h6,8,10H,2-5,7,9H2,1H3,(H,12,13). The Bertz CT molecular complexity index is 294. The van der Waals surface area contributed by atoms with Crippen LogP contribution < -0.4 is 5.32 Å². The molecule has 0 radical (unpaired) electrons. The summed E-state index contributed by atoms with van der Waals surface area (Å²) in [6.07, 6.45) is 8.83. The van der Waals surface area contributed by atoms with E-state index in [4.69, 9.17) is 4.74 Å². The number of nitrogens with zero attached hydrogens (tertiary/aromatic N) is 2. The van der Waals surface area contributed by atoms with Crippen molar-refractivity contribution in [3.63, 3.8) is 0 Å². The highest BCUT2D eigenvalue weighted by molar-refractivity contribution is 5.28. The molecular weight excluding hydrogens is 190 g/mol. The van der Waals surface area contributed by atoms with Gasteiger partial charge in [0.25, 0.3) is 0 Å². The van der Waals surface area contributed by atoms with Crippen LogP contribution in [0, 0.1) is 0 Å². The zero-order valence-electron chi connectivity index (χ0n) is 9.28. The Morgan fingerprint density at radius 3 is 3.13 bits per heavy atom. The number of hydrogen-bond donors (Lipinski definition) is 1. The molecule has 0 bridgehead atoms. The number of imidazole rings is 1. The Hall–Kier alpha value is -1.03. The van der Waals surface area contributed by atoms with Crippen molar-refractivity contribution in [1.82, 2.24) is 9.55 Å². The van der Waals surface area contributed by atoms with Gasteiger partial charge in [0.05, 0.1) is 0 Å². The molecule has 4 heteroatoms. The van der Waals surface area contributed by atoms with Gasteiger partial charge in [0.2, 0.25) is 5.95 Å². The van der Waals surface area contributed by atoms with Crippen molar-refractivity contribution < 1.29 is 4.74 Å². The molecule has 1 aliphatic carbocycles. The van der Waals surface area contributed by atoms with Crippen LogP contribution in [0.2, 0.25) is 0 Å². The summed E-state index contributed by atoms with van der Waals surface area (Å²) in [5, 5.41) is 3.46. The van der Waals surface area contributed by atoms with E-state index in [-0.39, 0.29) is 0 Å². The third kappa shape index (κ3) is 2.72. The van der Waals surface area contributed by atoms with Crippen LogP contribution in [0.5, 0.6) is 0 Å². The lowest BCUT2D eigenvalue weighted by molar-refractivity contribution is 0.190.